The second-order valence-corrected chi connectivity index (χ2v) is 13.2. The number of carbonyl (C=O) groups is 4. The highest BCUT2D eigenvalue weighted by Crippen LogP contribution is 2.30. The van der Waals surface area contributed by atoms with Crippen LogP contribution in [0.15, 0.2) is 115 Å². The summed E-state index contributed by atoms with van der Waals surface area (Å²) >= 11 is 0. The minimum Gasteiger partial charge on any atom is -0.445 e. The Hall–Kier alpha value is -5.90. The maximum atomic E-state index is 14.5. The van der Waals surface area contributed by atoms with Crippen LogP contribution in [0.3, 0.4) is 0 Å². The number of alkyl carbamates (subject to hydrolysis) is 1. The van der Waals surface area contributed by atoms with Crippen molar-refractivity contribution in [2.75, 3.05) is 6.54 Å². The number of amides is 4. The van der Waals surface area contributed by atoms with E-state index in [1.165, 1.54) is 0 Å². The van der Waals surface area contributed by atoms with Gasteiger partial charge in [-0.1, -0.05) is 109 Å². The van der Waals surface area contributed by atoms with E-state index in [1.54, 1.807) is 4.90 Å². The molecule has 0 radical (unpaired) electrons. The van der Waals surface area contributed by atoms with E-state index in [-0.39, 0.29) is 43.3 Å². The number of aromatic amines is 1. The standard InChI is InChI=1S/C42H45N5O5/c1-29(32-19-9-4-10-20-32)44-40(49)38(23-13-14-24-43-42(51)52-28-31-17-7-3-8-18-31)47-27-37-34(33-21-11-12-22-35(33)45-37)26-36(41(47)50)46-39(48)25-30-15-5-2-6-16-30/h2-12,15-22,29,36,38,45H,13-14,23-28H2,1H3,(H,43,51)(H,44,49)(H,46,48)/t29-,36-,38+/m1/s1. The second kappa shape index (κ2) is 17.4. The summed E-state index contributed by atoms with van der Waals surface area (Å²) in [5.74, 6) is -0.865. The van der Waals surface area contributed by atoms with Crippen molar-refractivity contribution in [2.24, 2.45) is 0 Å². The minimum atomic E-state index is -0.875. The summed E-state index contributed by atoms with van der Waals surface area (Å²) in [5, 5.41) is 9.94. The van der Waals surface area contributed by atoms with Gasteiger partial charge in [0.1, 0.15) is 18.7 Å². The Morgan fingerprint density at radius 3 is 2.23 bits per heavy atom. The van der Waals surface area contributed by atoms with E-state index >= 15 is 0 Å². The monoisotopic (exact) mass is 699 g/mol. The zero-order chi connectivity index (χ0) is 36.3. The molecule has 4 N–H and O–H groups in total. The Bertz CT molecular complexity index is 1960. The molecule has 4 amide bonds. The Balaban J connectivity index is 1.20. The number of unbranched alkanes of at least 4 members (excludes halogenated alkanes) is 1. The van der Waals surface area contributed by atoms with E-state index < -0.39 is 18.2 Å². The van der Waals surface area contributed by atoms with Crippen LogP contribution in [0, 0.1) is 0 Å². The second-order valence-electron chi connectivity index (χ2n) is 13.2. The zero-order valence-corrected chi connectivity index (χ0v) is 29.3. The van der Waals surface area contributed by atoms with Gasteiger partial charge in [-0.05, 0) is 54.5 Å². The number of para-hydroxylation sites is 1. The third-order valence-corrected chi connectivity index (χ3v) is 9.49. The summed E-state index contributed by atoms with van der Waals surface area (Å²) < 4.78 is 5.34. The molecule has 2 heterocycles. The molecule has 4 aromatic carbocycles. The van der Waals surface area contributed by atoms with Crippen LogP contribution in [0.5, 0.6) is 0 Å². The van der Waals surface area contributed by atoms with Gasteiger partial charge >= 0.3 is 6.09 Å². The number of nitrogens with zero attached hydrogens (tertiary/aromatic N) is 1. The third-order valence-electron chi connectivity index (χ3n) is 9.49. The highest BCUT2D eigenvalue weighted by atomic mass is 16.5. The third kappa shape index (κ3) is 9.25. The summed E-state index contributed by atoms with van der Waals surface area (Å²) in [6.45, 7) is 2.61. The van der Waals surface area contributed by atoms with E-state index in [0.717, 1.165) is 38.9 Å². The lowest BCUT2D eigenvalue weighted by Crippen LogP contribution is -2.55. The Kier molecular flexibility index (Phi) is 12.0. The summed E-state index contributed by atoms with van der Waals surface area (Å²) in [6.07, 6.45) is 1.36. The lowest BCUT2D eigenvalue weighted by atomic mass is 10.0. The molecule has 0 aliphatic carbocycles. The SMILES string of the molecule is C[C@@H](NC(=O)[C@H](CCCCNC(=O)OCc1ccccc1)N1Cc2[nH]c3ccccc3c2C[C@@H](NC(=O)Cc2ccccc2)C1=O)c1ccccc1. The van der Waals surface area contributed by atoms with Crippen molar-refractivity contribution < 1.29 is 23.9 Å². The largest absolute Gasteiger partial charge is 0.445 e. The average molecular weight is 700 g/mol. The van der Waals surface area contributed by atoms with Gasteiger partial charge in [-0.25, -0.2) is 4.79 Å². The van der Waals surface area contributed by atoms with Crippen molar-refractivity contribution in [3.8, 4) is 0 Å². The Labute approximate surface area is 303 Å². The molecule has 0 bridgehead atoms. The van der Waals surface area contributed by atoms with Crippen molar-refractivity contribution in [1.29, 1.82) is 0 Å². The number of benzene rings is 4. The topological polar surface area (TPSA) is 133 Å². The first-order valence-corrected chi connectivity index (χ1v) is 17.9. The van der Waals surface area contributed by atoms with Gasteiger partial charge in [0.05, 0.1) is 19.0 Å². The van der Waals surface area contributed by atoms with Gasteiger partial charge in [-0.15, -0.1) is 0 Å². The van der Waals surface area contributed by atoms with Crippen LogP contribution in [0.1, 0.15) is 60.2 Å². The number of nitrogens with one attached hydrogen (secondary N) is 4. The van der Waals surface area contributed by atoms with Crippen LogP contribution in [0.25, 0.3) is 10.9 Å². The molecule has 0 saturated heterocycles. The number of aromatic nitrogens is 1. The predicted molar refractivity (Wildman–Crippen MR) is 200 cm³/mol. The van der Waals surface area contributed by atoms with Crippen LogP contribution >= 0.6 is 0 Å². The first-order valence-electron chi connectivity index (χ1n) is 17.9. The van der Waals surface area contributed by atoms with E-state index in [2.05, 4.69) is 20.9 Å². The number of carbonyl (C=O) groups excluding carboxylic acids is 4. The fourth-order valence-corrected chi connectivity index (χ4v) is 6.76. The van der Waals surface area contributed by atoms with E-state index in [1.807, 2.05) is 122 Å². The van der Waals surface area contributed by atoms with Crippen LogP contribution in [0.4, 0.5) is 4.79 Å². The van der Waals surface area contributed by atoms with Crippen LogP contribution in [0.2, 0.25) is 0 Å². The molecular weight excluding hydrogens is 654 g/mol. The fraction of sp³-hybridized carbons (Fsp3) is 0.286. The highest BCUT2D eigenvalue weighted by molar-refractivity contribution is 5.95. The molecule has 5 aromatic rings. The smallest absolute Gasteiger partial charge is 0.407 e. The summed E-state index contributed by atoms with van der Waals surface area (Å²) in [5.41, 5.74) is 5.40. The first kappa shape index (κ1) is 35.9. The quantitative estimate of drug-likeness (QED) is 0.104. The molecule has 0 spiro atoms. The van der Waals surface area contributed by atoms with Crippen LogP contribution < -0.4 is 16.0 Å². The molecule has 1 aliphatic heterocycles. The maximum Gasteiger partial charge on any atom is 0.407 e. The van der Waals surface area contributed by atoms with E-state index in [0.29, 0.717) is 32.2 Å². The molecule has 52 heavy (non-hydrogen) atoms. The van der Waals surface area contributed by atoms with Crippen molar-refractivity contribution >= 4 is 34.7 Å². The average Bonchev–Trinajstić information content (AvgIpc) is 3.45. The molecule has 268 valence electrons. The van der Waals surface area contributed by atoms with Gasteiger partial charge in [0.2, 0.25) is 17.7 Å². The number of ether oxygens (including phenoxy) is 1. The molecule has 6 rings (SSSR count). The van der Waals surface area contributed by atoms with Gasteiger partial charge < -0.3 is 30.6 Å². The Morgan fingerprint density at radius 1 is 0.846 bits per heavy atom. The number of hydrogen-bond donors (Lipinski definition) is 4. The molecule has 10 nitrogen and oxygen atoms in total. The Morgan fingerprint density at radius 2 is 1.50 bits per heavy atom. The molecule has 3 atom stereocenters. The highest BCUT2D eigenvalue weighted by Gasteiger charge is 2.38. The summed E-state index contributed by atoms with van der Waals surface area (Å²) in [6, 6.07) is 34.4. The summed E-state index contributed by atoms with van der Waals surface area (Å²) in [4.78, 5) is 59.6. The van der Waals surface area contributed by atoms with Crippen molar-refractivity contribution in [2.45, 2.75) is 70.3 Å². The van der Waals surface area contributed by atoms with Crippen molar-refractivity contribution in [3.63, 3.8) is 0 Å². The van der Waals surface area contributed by atoms with Gasteiger partial charge in [-0.2, -0.15) is 0 Å². The molecular formula is C42H45N5O5. The molecule has 10 heteroatoms. The molecule has 1 aliphatic rings. The molecule has 0 unspecified atom stereocenters. The fourth-order valence-electron chi connectivity index (χ4n) is 6.76. The number of fused-ring (bicyclic) bond motifs is 3. The summed E-state index contributed by atoms with van der Waals surface area (Å²) in [7, 11) is 0. The van der Waals surface area contributed by atoms with Gasteiger partial charge in [-0.3, -0.25) is 14.4 Å². The molecule has 0 saturated carbocycles. The lowest BCUT2D eigenvalue weighted by Gasteiger charge is -2.33. The zero-order valence-electron chi connectivity index (χ0n) is 29.3. The maximum absolute atomic E-state index is 14.5. The number of rotatable bonds is 14. The van der Waals surface area contributed by atoms with E-state index in [9.17, 15) is 19.2 Å². The van der Waals surface area contributed by atoms with Gasteiger partial charge in [0, 0.05) is 29.6 Å². The number of hydrogen-bond acceptors (Lipinski definition) is 5. The lowest BCUT2D eigenvalue weighted by molar-refractivity contribution is -0.144. The predicted octanol–water partition coefficient (Wildman–Crippen LogP) is 6.12. The van der Waals surface area contributed by atoms with Crippen molar-refractivity contribution in [1.82, 2.24) is 25.8 Å². The van der Waals surface area contributed by atoms with E-state index in [4.69, 9.17) is 4.74 Å². The van der Waals surface area contributed by atoms with Gasteiger partial charge in [0.25, 0.3) is 0 Å². The minimum absolute atomic E-state index is 0.130. The molecule has 0 fully saturated rings. The van der Waals surface area contributed by atoms with Crippen LogP contribution in [-0.2, 0) is 45.1 Å². The van der Waals surface area contributed by atoms with Gasteiger partial charge in [0.15, 0.2) is 0 Å². The normalized spacial score (nSPS) is 15.2. The first-order chi connectivity index (χ1) is 25.4. The number of H-pyrrole nitrogens is 1. The molecule has 1 aromatic heterocycles. The van der Waals surface area contributed by atoms with Crippen LogP contribution in [-0.4, -0.2) is 52.3 Å². The van der Waals surface area contributed by atoms with Crippen molar-refractivity contribution in [3.05, 3.63) is 143 Å².